The molecule has 0 bridgehead atoms. The van der Waals surface area contributed by atoms with Gasteiger partial charge in [-0.25, -0.2) is 8.42 Å². The zero-order valence-corrected chi connectivity index (χ0v) is 13.5. The van der Waals surface area contributed by atoms with Crippen molar-refractivity contribution in [1.29, 1.82) is 0 Å². The topological polar surface area (TPSA) is 127 Å². The Labute approximate surface area is 128 Å². The van der Waals surface area contributed by atoms with Crippen LogP contribution in [0.2, 0.25) is 0 Å². The monoisotopic (exact) mass is 330 g/mol. The van der Waals surface area contributed by atoms with Gasteiger partial charge in [-0.05, 0) is 37.0 Å². The molecular formula is C13H18N2O6S. The van der Waals surface area contributed by atoms with Crippen LogP contribution in [0.3, 0.4) is 0 Å². The normalized spacial score (nSPS) is 13.1. The Hall–Kier alpha value is -2.00. The Morgan fingerprint density at radius 3 is 2.18 bits per heavy atom. The molecule has 0 amide bonds. The number of carboxylic acids is 1. The molecule has 0 spiro atoms. The number of sulfonamides is 1. The quantitative estimate of drug-likeness (QED) is 0.602. The van der Waals surface area contributed by atoms with E-state index in [9.17, 15) is 23.3 Å². The lowest BCUT2D eigenvalue weighted by Gasteiger charge is -2.18. The standard InChI is InChI=1S/C13H18N2O6S/c1-7(2)12(13(16)17)14-22(20,21)11-6-9(4)8(3)5-10(11)15(18)19/h5-7,12,14H,1-4H3,(H,16,17)/t12-/m1/s1. The summed E-state index contributed by atoms with van der Waals surface area (Å²) in [6.45, 7) is 6.32. The van der Waals surface area contributed by atoms with Gasteiger partial charge in [0, 0.05) is 6.07 Å². The van der Waals surface area contributed by atoms with E-state index in [0.29, 0.717) is 11.1 Å². The molecule has 0 radical (unpaired) electrons. The molecule has 0 unspecified atom stereocenters. The van der Waals surface area contributed by atoms with Crippen LogP contribution < -0.4 is 4.72 Å². The van der Waals surface area contributed by atoms with Gasteiger partial charge >= 0.3 is 5.97 Å². The molecule has 22 heavy (non-hydrogen) atoms. The van der Waals surface area contributed by atoms with Crippen molar-refractivity contribution in [3.63, 3.8) is 0 Å². The average Bonchev–Trinajstić information content (AvgIpc) is 2.37. The highest BCUT2D eigenvalue weighted by atomic mass is 32.2. The Morgan fingerprint density at radius 1 is 1.27 bits per heavy atom. The largest absolute Gasteiger partial charge is 0.480 e. The molecule has 2 N–H and O–H groups in total. The maximum Gasteiger partial charge on any atom is 0.322 e. The molecule has 0 fully saturated rings. The number of aliphatic carboxylic acids is 1. The molecular weight excluding hydrogens is 312 g/mol. The molecule has 1 atom stereocenters. The second-order valence-corrected chi connectivity index (χ2v) is 7.02. The highest BCUT2D eigenvalue weighted by Gasteiger charge is 2.32. The molecule has 1 aromatic rings. The van der Waals surface area contributed by atoms with Gasteiger partial charge in [0.1, 0.15) is 6.04 Å². The molecule has 0 aliphatic carbocycles. The van der Waals surface area contributed by atoms with Crippen molar-refractivity contribution in [3.8, 4) is 0 Å². The van der Waals surface area contributed by atoms with Gasteiger partial charge in [0.2, 0.25) is 10.0 Å². The summed E-state index contributed by atoms with van der Waals surface area (Å²) in [6, 6.07) is 0.968. The van der Waals surface area contributed by atoms with Crippen LogP contribution >= 0.6 is 0 Å². The lowest BCUT2D eigenvalue weighted by atomic mass is 10.1. The number of nitrogens with one attached hydrogen (secondary N) is 1. The van der Waals surface area contributed by atoms with Crippen molar-refractivity contribution in [1.82, 2.24) is 4.72 Å². The van der Waals surface area contributed by atoms with Gasteiger partial charge in [0.15, 0.2) is 4.90 Å². The van der Waals surface area contributed by atoms with Crippen LogP contribution in [0.5, 0.6) is 0 Å². The summed E-state index contributed by atoms with van der Waals surface area (Å²) in [5.74, 6) is -1.86. The minimum absolute atomic E-state index is 0.516. The predicted octanol–water partition coefficient (Wildman–Crippen LogP) is 1.60. The smallest absolute Gasteiger partial charge is 0.322 e. The van der Waals surface area contributed by atoms with E-state index in [4.69, 9.17) is 5.11 Å². The van der Waals surface area contributed by atoms with Crippen molar-refractivity contribution in [2.24, 2.45) is 5.92 Å². The fraction of sp³-hybridized carbons (Fsp3) is 0.462. The first-order chi connectivity index (χ1) is 9.97. The summed E-state index contributed by atoms with van der Waals surface area (Å²) in [5.41, 5.74) is 0.551. The summed E-state index contributed by atoms with van der Waals surface area (Å²) in [4.78, 5) is 20.9. The van der Waals surface area contributed by atoms with Crippen molar-refractivity contribution in [2.75, 3.05) is 0 Å². The number of rotatable bonds is 6. The number of benzene rings is 1. The summed E-state index contributed by atoms with van der Waals surface area (Å²) in [6.07, 6.45) is 0. The first kappa shape index (κ1) is 18.1. The highest BCUT2D eigenvalue weighted by molar-refractivity contribution is 7.89. The van der Waals surface area contributed by atoms with Crippen molar-refractivity contribution in [2.45, 2.75) is 38.6 Å². The molecule has 0 aliphatic rings. The summed E-state index contributed by atoms with van der Waals surface area (Å²) >= 11 is 0. The van der Waals surface area contributed by atoms with E-state index in [-0.39, 0.29) is 0 Å². The molecule has 9 heteroatoms. The van der Waals surface area contributed by atoms with E-state index in [2.05, 4.69) is 0 Å². The number of hydrogen-bond acceptors (Lipinski definition) is 5. The zero-order chi connectivity index (χ0) is 17.2. The third kappa shape index (κ3) is 3.80. The van der Waals surface area contributed by atoms with Crippen LogP contribution in [0.4, 0.5) is 5.69 Å². The van der Waals surface area contributed by atoms with E-state index < -0.39 is 43.5 Å². The first-order valence-electron chi connectivity index (χ1n) is 6.48. The van der Waals surface area contributed by atoms with Gasteiger partial charge in [-0.2, -0.15) is 4.72 Å². The SMILES string of the molecule is Cc1cc([N+](=O)[O-])c(S(=O)(=O)N[C@@H](C(=O)O)C(C)C)cc1C. The highest BCUT2D eigenvalue weighted by Crippen LogP contribution is 2.27. The molecule has 0 aromatic heterocycles. The number of nitro groups is 1. The van der Waals surface area contributed by atoms with Gasteiger partial charge in [-0.1, -0.05) is 13.8 Å². The second kappa shape index (κ2) is 6.41. The Morgan fingerprint density at radius 2 is 1.77 bits per heavy atom. The fourth-order valence-corrected chi connectivity index (χ4v) is 3.41. The van der Waals surface area contributed by atoms with Crippen LogP contribution in [0.15, 0.2) is 17.0 Å². The maximum absolute atomic E-state index is 12.4. The van der Waals surface area contributed by atoms with Crippen LogP contribution in [-0.4, -0.2) is 30.5 Å². The number of hydrogen-bond donors (Lipinski definition) is 2. The first-order valence-corrected chi connectivity index (χ1v) is 7.96. The summed E-state index contributed by atoms with van der Waals surface area (Å²) < 4.78 is 26.7. The second-order valence-electron chi connectivity index (χ2n) is 5.34. The number of nitrogens with zero attached hydrogens (tertiary/aromatic N) is 1. The van der Waals surface area contributed by atoms with Crippen molar-refractivity contribution in [3.05, 3.63) is 33.4 Å². The number of carbonyl (C=O) groups is 1. The van der Waals surface area contributed by atoms with Crippen LogP contribution in [0.25, 0.3) is 0 Å². The third-order valence-electron chi connectivity index (χ3n) is 3.28. The van der Waals surface area contributed by atoms with Crippen LogP contribution in [-0.2, 0) is 14.8 Å². The minimum atomic E-state index is -4.34. The van der Waals surface area contributed by atoms with Gasteiger partial charge in [0.05, 0.1) is 4.92 Å². The van der Waals surface area contributed by atoms with Crippen LogP contribution in [0, 0.1) is 29.9 Å². The van der Waals surface area contributed by atoms with E-state index in [1.807, 2.05) is 4.72 Å². The molecule has 1 aromatic carbocycles. The number of aryl methyl sites for hydroxylation is 2. The molecule has 0 aliphatic heterocycles. The van der Waals surface area contributed by atoms with Gasteiger partial charge < -0.3 is 5.11 Å². The van der Waals surface area contributed by atoms with Crippen molar-refractivity contribution < 1.29 is 23.2 Å². The van der Waals surface area contributed by atoms with Gasteiger partial charge in [-0.15, -0.1) is 0 Å². The van der Waals surface area contributed by atoms with E-state index in [0.717, 1.165) is 6.07 Å². The lowest BCUT2D eigenvalue weighted by Crippen LogP contribution is -2.44. The van der Waals surface area contributed by atoms with E-state index in [1.54, 1.807) is 13.8 Å². The Bertz CT molecular complexity index is 711. The van der Waals surface area contributed by atoms with E-state index in [1.165, 1.54) is 19.9 Å². The van der Waals surface area contributed by atoms with Crippen molar-refractivity contribution >= 4 is 21.7 Å². The predicted molar refractivity (Wildman–Crippen MR) is 79.2 cm³/mol. The molecule has 122 valence electrons. The molecule has 0 heterocycles. The van der Waals surface area contributed by atoms with Gasteiger partial charge in [0.25, 0.3) is 5.69 Å². The lowest BCUT2D eigenvalue weighted by molar-refractivity contribution is -0.387. The molecule has 0 saturated heterocycles. The third-order valence-corrected chi connectivity index (χ3v) is 4.75. The molecule has 1 rings (SSSR count). The van der Waals surface area contributed by atoms with Gasteiger partial charge in [-0.3, -0.25) is 14.9 Å². The Kier molecular flexibility index (Phi) is 5.26. The zero-order valence-electron chi connectivity index (χ0n) is 12.7. The maximum atomic E-state index is 12.4. The van der Waals surface area contributed by atoms with Crippen LogP contribution in [0.1, 0.15) is 25.0 Å². The summed E-state index contributed by atoms with van der Waals surface area (Å²) in [5, 5.41) is 20.2. The number of carboxylic acid groups (broad SMARTS) is 1. The number of nitro benzene ring substituents is 1. The average molecular weight is 330 g/mol. The molecule has 8 nitrogen and oxygen atoms in total. The molecule has 0 saturated carbocycles. The van der Waals surface area contributed by atoms with E-state index >= 15 is 0 Å². The summed E-state index contributed by atoms with van der Waals surface area (Å²) in [7, 11) is -4.34. The minimum Gasteiger partial charge on any atom is -0.480 e. The Balaban J connectivity index is 3.43. The fourth-order valence-electron chi connectivity index (χ4n) is 1.83.